The Labute approximate surface area is 137 Å². The number of hydrogen-bond acceptors (Lipinski definition) is 5. The first kappa shape index (κ1) is 16.4. The number of nitrogens with one attached hydrogen (secondary N) is 1. The largest absolute Gasteiger partial charge is 0.482 e. The molecule has 0 aliphatic heterocycles. The maximum Gasteiger partial charge on any atom is 0.289 e. The Bertz CT molecular complexity index is 735. The van der Waals surface area contributed by atoms with Crippen molar-refractivity contribution in [2.45, 2.75) is 0 Å². The number of ether oxygens (including phenoxy) is 1. The van der Waals surface area contributed by atoms with Gasteiger partial charge in [0.2, 0.25) is 0 Å². The Morgan fingerprint density at radius 1 is 1.35 bits per heavy atom. The molecule has 0 aliphatic carbocycles. The van der Waals surface area contributed by atoms with Crippen molar-refractivity contribution >= 4 is 29.6 Å². The van der Waals surface area contributed by atoms with Crippen LogP contribution in [0.5, 0.6) is 5.75 Å². The summed E-state index contributed by atoms with van der Waals surface area (Å²) in [7, 11) is 0. The molecule has 0 spiro atoms. The lowest BCUT2D eigenvalue weighted by Gasteiger charge is -2.06. The fraction of sp³-hybridized carbons (Fsp3) is 0.0667. The predicted molar refractivity (Wildman–Crippen MR) is 85.4 cm³/mol. The zero-order valence-electron chi connectivity index (χ0n) is 11.9. The molecule has 1 heterocycles. The van der Waals surface area contributed by atoms with Gasteiger partial charge in [-0.1, -0.05) is 17.7 Å². The lowest BCUT2D eigenvalue weighted by Crippen LogP contribution is -2.20. The number of hydrogen-bond donors (Lipinski definition) is 2. The molecule has 1 aromatic heterocycles. The van der Waals surface area contributed by atoms with Crippen LogP contribution >= 0.6 is 11.6 Å². The zero-order valence-corrected chi connectivity index (χ0v) is 12.7. The number of rotatable bonds is 6. The lowest BCUT2D eigenvalue weighted by molar-refractivity contribution is -0.119. The topological polar surface area (TPSA) is 107 Å². The van der Waals surface area contributed by atoms with Crippen molar-refractivity contribution in [3.8, 4) is 5.75 Å². The minimum atomic E-state index is -0.594. The number of carbonyl (C=O) groups is 2. The van der Waals surface area contributed by atoms with Gasteiger partial charge in [-0.25, -0.2) is 5.43 Å². The highest BCUT2D eigenvalue weighted by Gasteiger charge is 2.05. The number of hydrazone groups is 1. The van der Waals surface area contributed by atoms with E-state index in [0.717, 1.165) is 0 Å². The molecule has 23 heavy (non-hydrogen) atoms. The van der Waals surface area contributed by atoms with E-state index in [4.69, 9.17) is 22.1 Å². The first-order valence-electron chi connectivity index (χ1n) is 6.51. The summed E-state index contributed by atoms with van der Waals surface area (Å²) in [5.41, 5.74) is 8.25. The van der Waals surface area contributed by atoms with Crippen LogP contribution in [0, 0.1) is 0 Å². The Morgan fingerprint density at radius 2 is 2.17 bits per heavy atom. The van der Waals surface area contributed by atoms with Crippen LogP contribution in [0.4, 0.5) is 0 Å². The van der Waals surface area contributed by atoms with Gasteiger partial charge >= 0.3 is 0 Å². The first-order chi connectivity index (χ1) is 11.1. The number of benzene rings is 1. The van der Waals surface area contributed by atoms with Crippen molar-refractivity contribution in [1.82, 2.24) is 10.4 Å². The van der Waals surface area contributed by atoms with E-state index >= 15 is 0 Å². The molecule has 2 aromatic rings. The summed E-state index contributed by atoms with van der Waals surface area (Å²) >= 11 is 6.01. The number of halogens is 1. The number of aromatic nitrogens is 1. The number of nitrogens with zero attached hydrogens (tertiary/aromatic N) is 2. The zero-order chi connectivity index (χ0) is 16.7. The second kappa shape index (κ2) is 7.90. The third-order valence-electron chi connectivity index (χ3n) is 2.60. The van der Waals surface area contributed by atoms with E-state index in [1.165, 1.54) is 12.4 Å². The van der Waals surface area contributed by atoms with Crippen molar-refractivity contribution in [2.75, 3.05) is 6.61 Å². The number of pyridine rings is 1. The third-order valence-corrected chi connectivity index (χ3v) is 2.90. The molecule has 2 amide bonds. The first-order valence-corrected chi connectivity index (χ1v) is 6.89. The normalized spacial score (nSPS) is 10.5. The number of primary amides is 1. The molecule has 8 heteroatoms. The number of carbonyl (C=O) groups excluding carboxylic acids is 2. The van der Waals surface area contributed by atoms with Crippen molar-refractivity contribution in [3.05, 3.63) is 58.9 Å². The maximum absolute atomic E-state index is 11.7. The highest BCUT2D eigenvalue weighted by molar-refractivity contribution is 6.32. The Morgan fingerprint density at radius 3 is 2.83 bits per heavy atom. The van der Waals surface area contributed by atoms with E-state index < -0.39 is 11.8 Å². The van der Waals surface area contributed by atoms with Crippen LogP contribution in [0.15, 0.2) is 47.7 Å². The average Bonchev–Trinajstić information content (AvgIpc) is 2.54. The van der Waals surface area contributed by atoms with Gasteiger partial charge in [0.15, 0.2) is 6.61 Å². The highest BCUT2D eigenvalue weighted by atomic mass is 35.5. The molecular formula is C15H13ClN4O3. The van der Waals surface area contributed by atoms with Crippen LogP contribution in [0.1, 0.15) is 16.1 Å². The molecule has 1 aromatic carbocycles. The van der Waals surface area contributed by atoms with Crippen molar-refractivity contribution in [3.63, 3.8) is 0 Å². The van der Waals surface area contributed by atoms with Crippen molar-refractivity contribution in [2.24, 2.45) is 10.8 Å². The molecule has 0 unspecified atom stereocenters. The summed E-state index contributed by atoms with van der Waals surface area (Å²) in [4.78, 5) is 26.3. The fourth-order valence-corrected chi connectivity index (χ4v) is 1.83. The molecule has 3 N–H and O–H groups in total. The summed E-state index contributed by atoms with van der Waals surface area (Å²) in [6.07, 6.45) is 2.94. The Kier molecular flexibility index (Phi) is 5.65. The number of amides is 2. The van der Waals surface area contributed by atoms with E-state index in [2.05, 4.69) is 15.5 Å². The van der Waals surface area contributed by atoms with Gasteiger partial charge in [-0.05, 0) is 35.9 Å². The van der Waals surface area contributed by atoms with E-state index in [1.54, 1.807) is 36.4 Å². The molecule has 2 rings (SSSR count). The van der Waals surface area contributed by atoms with Crippen LogP contribution in [-0.4, -0.2) is 29.6 Å². The third kappa shape index (κ3) is 5.08. The van der Waals surface area contributed by atoms with Gasteiger partial charge in [-0.3, -0.25) is 14.6 Å². The molecule has 0 atom stereocenters. The summed E-state index contributed by atoms with van der Waals surface area (Å²) in [6.45, 7) is -0.257. The van der Waals surface area contributed by atoms with Gasteiger partial charge in [-0.2, -0.15) is 5.10 Å². The van der Waals surface area contributed by atoms with Crippen LogP contribution < -0.4 is 15.9 Å². The Hall–Kier alpha value is -2.93. The molecule has 0 saturated carbocycles. The summed E-state index contributed by atoms with van der Waals surface area (Å²) in [5.74, 6) is -0.682. The van der Waals surface area contributed by atoms with E-state index in [9.17, 15) is 9.59 Å². The molecule has 0 radical (unpaired) electrons. The molecule has 0 bridgehead atoms. The van der Waals surface area contributed by atoms with Crippen LogP contribution in [0.2, 0.25) is 5.02 Å². The number of nitrogens with two attached hydrogens (primary N) is 1. The highest BCUT2D eigenvalue weighted by Crippen LogP contribution is 2.24. The standard InChI is InChI=1S/C15H13ClN4O3/c16-11-7-10(4-5-13(11)23-9-14(17)21)8-19-20-15(22)12-3-1-2-6-18-12/h1-8H,9H2,(H2,17,21)(H,20,22). The van der Waals surface area contributed by atoms with Gasteiger partial charge in [0, 0.05) is 6.20 Å². The Balaban J connectivity index is 1.96. The van der Waals surface area contributed by atoms with Crippen LogP contribution in [0.3, 0.4) is 0 Å². The van der Waals surface area contributed by atoms with E-state index in [1.807, 2.05) is 0 Å². The van der Waals surface area contributed by atoms with Crippen LogP contribution in [-0.2, 0) is 4.79 Å². The molecule has 7 nitrogen and oxygen atoms in total. The SMILES string of the molecule is NC(=O)COc1ccc(C=NNC(=O)c2ccccn2)cc1Cl. The van der Waals surface area contributed by atoms with Gasteiger partial charge in [0.25, 0.3) is 11.8 Å². The monoisotopic (exact) mass is 332 g/mol. The van der Waals surface area contributed by atoms with Crippen molar-refractivity contribution in [1.29, 1.82) is 0 Å². The summed E-state index contributed by atoms with van der Waals surface area (Å²) in [6, 6.07) is 9.81. The molecule has 0 fully saturated rings. The molecule has 0 saturated heterocycles. The fourth-order valence-electron chi connectivity index (χ4n) is 1.58. The average molecular weight is 333 g/mol. The van der Waals surface area contributed by atoms with E-state index in [0.29, 0.717) is 16.3 Å². The second-order valence-corrected chi connectivity index (χ2v) is 4.77. The van der Waals surface area contributed by atoms with Gasteiger partial charge < -0.3 is 10.5 Å². The minimum Gasteiger partial charge on any atom is -0.482 e. The minimum absolute atomic E-state index is 0.257. The van der Waals surface area contributed by atoms with Gasteiger partial charge in [0.1, 0.15) is 11.4 Å². The predicted octanol–water partition coefficient (Wildman–Crippen LogP) is 1.36. The summed E-state index contributed by atoms with van der Waals surface area (Å²) < 4.78 is 5.12. The molecular weight excluding hydrogens is 320 g/mol. The quantitative estimate of drug-likeness (QED) is 0.615. The second-order valence-electron chi connectivity index (χ2n) is 4.36. The summed E-state index contributed by atoms with van der Waals surface area (Å²) in [5, 5.41) is 4.12. The lowest BCUT2D eigenvalue weighted by atomic mass is 10.2. The smallest absolute Gasteiger partial charge is 0.289 e. The maximum atomic E-state index is 11.7. The van der Waals surface area contributed by atoms with E-state index in [-0.39, 0.29) is 12.3 Å². The molecule has 0 aliphatic rings. The van der Waals surface area contributed by atoms with Gasteiger partial charge in [0.05, 0.1) is 11.2 Å². The van der Waals surface area contributed by atoms with Crippen LogP contribution in [0.25, 0.3) is 0 Å². The van der Waals surface area contributed by atoms with Gasteiger partial charge in [-0.15, -0.1) is 0 Å². The van der Waals surface area contributed by atoms with Crippen molar-refractivity contribution < 1.29 is 14.3 Å². The molecule has 118 valence electrons.